The Balaban J connectivity index is 1.82. The fraction of sp³-hybridized carbons (Fsp3) is 0.150. The number of anilines is 1. The van der Waals surface area contributed by atoms with Crippen molar-refractivity contribution in [3.05, 3.63) is 72.0 Å². The van der Waals surface area contributed by atoms with Crippen LogP contribution in [0.25, 0.3) is 17.0 Å². The van der Waals surface area contributed by atoms with Crippen LogP contribution in [0.5, 0.6) is 0 Å². The topological polar surface area (TPSA) is 42.7 Å². The Hall–Kier alpha value is -3.01. The Kier molecular flexibility index (Phi) is 3.58. The highest BCUT2D eigenvalue weighted by molar-refractivity contribution is 5.94. The van der Waals surface area contributed by atoms with Gasteiger partial charge < -0.3 is 9.15 Å². The largest absolute Gasteiger partial charge is 0.459 e. The molecule has 4 rings (SSSR count). The van der Waals surface area contributed by atoms with Gasteiger partial charge >= 0.3 is 6.09 Å². The van der Waals surface area contributed by atoms with Crippen molar-refractivity contribution in [2.45, 2.75) is 13.0 Å². The summed E-state index contributed by atoms with van der Waals surface area (Å²) in [4.78, 5) is 14.2. The molecule has 2 heterocycles. The van der Waals surface area contributed by atoms with Gasteiger partial charge in [0, 0.05) is 5.39 Å². The summed E-state index contributed by atoms with van der Waals surface area (Å²) in [6.07, 6.45) is 3.61. The summed E-state index contributed by atoms with van der Waals surface area (Å²) < 4.78 is 11.3. The molecule has 0 aliphatic carbocycles. The lowest BCUT2D eigenvalue weighted by Gasteiger charge is -2.31. The first-order valence-electron chi connectivity index (χ1n) is 7.99. The number of carbonyl (C=O) groups excluding carboxylic acids is 1. The summed E-state index contributed by atoms with van der Waals surface area (Å²) in [5.41, 5.74) is 2.62. The van der Waals surface area contributed by atoms with Crippen LogP contribution < -0.4 is 4.90 Å². The number of ether oxygens (including phenoxy) is 1. The van der Waals surface area contributed by atoms with Gasteiger partial charge in [-0.1, -0.05) is 48.6 Å². The molecule has 1 aromatic heterocycles. The number of hydrogen-bond donors (Lipinski definition) is 0. The summed E-state index contributed by atoms with van der Waals surface area (Å²) in [5, 5.41) is 1.02. The Bertz CT molecular complexity index is 892. The maximum Gasteiger partial charge on any atom is 0.415 e. The van der Waals surface area contributed by atoms with E-state index in [4.69, 9.17) is 9.15 Å². The normalized spacial score (nSPS) is 16.2. The van der Waals surface area contributed by atoms with Gasteiger partial charge in [0.1, 0.15) is 17.4 Å². The molecule has 0 saturated carbocycles. The molecular formula is C20H17NO3. The molecule has 1 atom stereocenters. The lowest BCUT2D eigenvalue weighted by Crippen LogP contribution is -2.36. The van der Waals surface area contributed by atoms with Crippen LogP contribution in [0.3, 0.4) is 0 Å². The molecule has 0 fully saturated rings. The first-order chi connectivity index (χ1) is 11.8. The number of amides is 1. The number of nitrogens with zero attached hydrogens (tertiary/aromatic N) is 1. The van der Waals surface area contributed by atoms with E-state index in [-0.39, 0.29) is 12.1 Å². The zero-order valence-corrected chi connectivity index (χ0v) is 13.3. The lowest BCUT2D eigenvalue weighted by molar-refractivity contribution is 0.157. The molecule has 0 spiro atoms. The van der Waals surface area contributed by atoms with Gasteiger partial charge in [0.25, 0.3) is 0 Å². The van der Waals surface area contributed by atoms with Crippen LogP contribution in [-0.4, -0.2) is 12.7 Å². The maximum absolute atomic E-state index is 12.6. The van der Waals surface area contributed by atoms with Gasteiger partial charge in [-0.3, -0.25) is 4.90 Å². The molecule has 4 heteroatoms. The zero-order valence-electron chi connectivity index (χ0n) is 13.3. The van der Waals surface area contributed by atoms with Gasteiger partial charge in [0.2, 0.25) is 0 Å². The van der Waals surface area contributed by atoms with Crippen molar-refractivity contribution >= 4 is 28.8 Å². The number of para-hydroxylation sites is 2. The van der Waals surface area contributed by atoms with Gasteiger partial charge in [-0.05, 0) is 30.7 Å². The van der Waals surface area contributed by atoms with Gasteiger partial charge in [-0.2, -0.15) is 0 Å². The number of fused-ring (bicyclic) bond motifs is 2. The minimum absolute atomic E-state index is 0.327. The molecule has 0 saturated heterocycles. The SMILES string of the molecule is CCOC(=O)N1c2ccccc2C=CC1c1cc2ccccc2o1. The van der Waals surface area contributed by atoms with Gasteiger partial charge in [-0.15, -0.1) is 0 Å². The van der Waals surface area contributed by atoms with E-state index in [2.05, 4.69) is 0 Å². The monoisotopic (exact) mass is 319 g/mol. The first kappa shape index (κ1) is 14.6. The molecule has 0 bridgehead atoms. The molecule has 120 valence electrons. The molecule has 3 aromatic rings. The molecule has 2 aromatic carbocycles. The van der Waals surface area contributed by atoms with E-state index in [0.29, 0.717) is 6.61 Å². The smallest absolute Gasteiger partial charge is 0.415 e. The summed E-state index contributed by atoms with van der Waals surface area (Å²) in [6.45, 7) is 2.13. The fourth-order valence-electron chi connectivity index (χ4n) is 3.05. The third-order valence-corrected chi connectivity index (χ3v) is 4.13. The van der Waals surface area contributed by atoms with Crippen molar-refractivity contribution in [1.29, 1.82) is 0 Å². The van der Waals surface area contributed by atoms with Crippen LogP contribution in [0.1, 0.15) is 24.3 Å². The minimum atomic E-state index is -0.375. The van der Waals surface area contributed by atoms with E-state index in [1.165, 1.54) is 0 Å². The summed E-state index contributed by atoms with van der Waals surface area (Å²) in [6, 6.07) is 17.2. The van der Waals surface area contributed by atoms with Crippen molar-refractivity contribution in [2.24, 2.45) is 0 Å². The van der Waals surface area contributed by atoms with Crippen LogP contribution in [0.2, 0.25) is 0 Å². The Labute approximate surface area is 139 Å². The highest BCUT2D eigenvalue weighted by atomic mass is 16.6. The van der Waals surface area contributed by atoms with Crippen LogP contribution in [0, 0.1) is 0 Å². The zero-order chi connectivity index (χ0) is 16.5. The number of rotatable bonds is 2. The van der Waals surface area contributed by atoms with Gasteiger partial charge in [0.05, 0.1) is 12.3 Å². The summed E-state index contributed by atoms with van der Waals surface area (Å²) in [5.74, 6) is 0.718. The second kappa shape index (κ2) is 5.89. The predicted molar refractivity (Wildman–Crippen MR) is 93.9 cm³/mol. The Morgan fingerprint density at radius 3 is 2.79 bits per heavy atom. The van der Waals surface area contributed by atoms with E-state index in [9.17, 15) is 4.79 Å². The maximum atomic E-state index is 12.6. The number of furan rings is 1. The summed E-state index contributed by atoms with van der Waals surface area (Å²) >= 11 is 0. The highest BCUT2D eigenvalue weighted by Gasteiger charge is 2.32. The molecule has 1 aliphatic rings. The second-order valence-electron chi connectivity index (χ2n) is 5.62. The Morgan fingerprint density at radius 2 is 1.96 bits per heavy atom. The molecule has 0 N–H and O–H groups in total. The minimum Gasteiger partial charge on any atom is -0.459 e. The van der Waals surface area contributed by atoms with E-state index < -0.39 is 0 Å². The third kappa shape index (κ3) is 2.36. The molecular weight excluding hydrogens is 302 g/mol. The van der Waals surface area contributed by atoms with E-state index in [1.807, 2.05) is 66.7 Å². The third-order valence-electron chi connectivity index (χ3n) is 4.13. The second-order valence-corrected chi connectivity index (χ2v) is 5.62. The first-order valence-corrected chi connectivity index (χ1v) is 7.99. The average molecular weight is 319 g/mol. The quantitative estimate of drug-likeness (QED) is 0.655. The van der Waals surface area contributed by atoms with Crippen molar-refractivity contribution in [3.63, 3.8) is 0 Å². The lowest BCUT2D eigenvalue weighted by atomic mass is 10.0. The molecule has 1 amide bonds. The van der Waals surface area contributed by atoms with E-state index in [1.54, 1.807) is 11.8 Å². The molecule has 0 radical (unpaired) electrons. The molecule has 4 nitrogen and oxygen atoms in total. The van der Waals surface area contributed by atoms with Crippen LogP contribution in [0.15, 0.2) is 65.1 Å². The predicted octanol–water partition coefficient (Wildman–Crippen LogP) is 5.16. The molecule has 1 unspecified atom stereocenters. The van der Waals surface area contributed by atoms with Crippen molar-refractivity contribution in [2.75, 3.05) is 11.5 Å². The molecule has 1 aliphatic heterocycles. The fourth-order valence-corrected chi connectivity index (χ4v) is 3.05. The van der Waals surface area contributed by atoms with Crippen LogP contribution in [-0.2, 0) is 4.74 Å². The molecule has 24 heavy (non-hydrogen) atoms. The average Bonchev–Trinajstić information content (AvgIpc) is 3.05. The van der Waals surface area contributed by atoms with Crippen LogP contribution >= 0.6 is 0 Å². The highest BCUT2D eigenvalue weighted by Crippen LogP contribution is 2.38. The van der Waals surface area contributed by atoms with E-state index in [0.717, 1.165) is 28.0 Å². The Morgan fingerprint density at radius 1 is 1.17 bits per heavy atom. The number of benzene rings is 2. The van der Waals surface area contributed by atoms with Gasteiger partial charge in [0.15, 0.2) is 0 Å². The van der Waals surface area contributed by atoms with Crippen molar-refractivity contribution in [3.8, 4) is 0 Å². The van der Waals surface area contributed by atoms with E-state index >= 15 is 0 Å². The van der Waals surface area contributed by atoms with Crippen LogP contribution in [0.4, 0.5) is 10.5 Å². The van der Waals surface area contributed by atoms with Crippen molar-refractivity contribution < 1.29 is 13.9 Å². The standard InChI is InChI=1S/C20H17NO3/c1-2-23-20(22)21-16-9-5-3-7-14(16)11-12-17(21)19-13-15-8-4-6-10-18(15)24-19/h3-13,17H,2H2,1H3. The number of hydrogen-bond acceptors (Lipinski definition) is 3. The number of carbonyl (C=O) groups is 1. The summed E-state index contributed by atoms with van der Waals surface area (Å²) in [7, 11) is 0. The van der Waals surface area contributed by atoms with Gasteiger partial charge in [-0.25, -0.2) is 4.79 Å². The van der Waals surface area contributed by atoms with Crippen molar-refractivity contribution in [1.82, 2.24) is 0 Å².